The zero-order valence-electron chi connectivity index (χ0n) is 19.9. The van der Waals surface area contributed by atoms with E-state index in [1.807, 2.05) is 55.4 Å². The molecule has 176 valence electrons. The van der Waals surface area contributed by atoms with E-state index in [4.69, 9.17) is 21.7 Å². The summed E-state index contributed by atoms with van der Waals surface area (Å²) in [6.07, 6.45) is 2.21. The van der Waals surface area contributed by atoms with Crippen LogP contribution < -0.4 is 9.47 Å². The SMILES string of the molecule is CC1(C)CC(Oc2nc(=S)nc(OC3CC(C)(C)N(O)C(C)(C)C3)[nH]2)CC(C)(C)N1O. The van der Waals surface area contributed by atoms with Crippen molar-refractivity contribution < 1.29 is 19.9 Å². The molecule has 0 aromatic carbocycles. The summed E-state index contributed by atoms with van der Waals surface area (Å²) in [7, 11) is 0. The zero-order chi connectivity index (χ0) is 23.4. The summed E-state index contributed by atoms with van der Waals surface area (Å²) in [5.74, 6) is 0. The number of aromatic nitrogens is 3. The van der Waals surface area contributed by atoms with Crippen LogP contribution >= 0.6 is 12.2 Å². The fourth-order valence-corrected chi connectivity index (χ4v) is 5.46. The predicted octanol–water partition coefficient (Wildman–Crippen LogP) is 4.11. The van der Waals surface area contributed by atoms with E-state index in [9.17, 15) is 10.4 Å². The number of nitrogens with zero attached hydrogens (tertiary/aromatic N) is 4. The number of rotatable bonds is 4. The number of hydrogen-bond acceptors (Lipinski definition) is 9. The van der Waals surface area contributed by atoms with Crippen LogP contribution in [0.4, 0.5) is 0 Å². The first kappa shape index (κ1) is 24.3. The van der Waals surface area contributed by atoms with Gasteiger partial charge in [0.15, 0.2) is 0 Å². The molecule has 1 aromatic heterocycles. The Hall–Kier alpha value is -1.33. The smallest absolute Gasteiger partial charge is 0.300 e. The van der Waals surface area contributed by atoms with Crippen LogP contribution in [0.25, 0.3) is 0 Å². The number of piperidine rings is 2. The highest BCUT2D eigenvalue weighted by atomic mass is 32.1. The first-order valence-corrected chi connectivity index (χ1v) is 11.2. The first-order chi connectivity index (χ1) is 14.0. The van der Waals surface area contributed by atoms with Gasteiger partial charge in [0.1, 0.15) is 12.2 Å². The lowest BCUT2D eigenvalue weighted by molar-refractivity contribution is -0.255. The van der Waals surface area contributed by atoms with Crippen LogP contribution in [-0.4, -0.2) is 69.9 Å². The van der Waals surface area contributed by atoms with Crippen LogP contribution in [0.3, 0.4) is 0 Å². The maximum atomic E-state index is 10.5. The molecule has 0 aliphatic carbocycles. The highest BCUT2D eigenvalue weighted by molar-refractivity contribution is 7.71. The van der Waals surface area contributed by atoms with E-state index in [0.717, 1.165) is 0 Å². The van der Waals surface area contributed by atoms with E-state index in [1.54, 1.807) is 0 Å². The van der Waals surface area contributed by atoms with Crippen molar-refractivity contribution in [2.24, 2.45) is 0 Å². The molecule has 0 spiro atoms. The maximum Gasteiger partial charge on any atom is 0.300 e. The Morgan fingerprint density at radius 2 is 1.03 bits per heavy atom. The molecule has 3 rings (SSSR count). The average molecular weight is 456 g/mol. The summed E-state index contributed by atoms with van der Waals surface area (Å²) in [4.78, 5) is 11.5. The summed E-state index contributed by atoms with van der Waals surface area (Å²) in [5.41, 5.74) is -1.76. The fourth-order valence-electron chi connectivity index (χ4n) is 5.30. The van der Waals surface area contributed by atoms with Gasteiger partial charge in [-0.3, -0.25) is 4.98 Å². The molecule has 3 N–H and O–H groups in total. The Balaban J connectivity index is 1.76. The molecule has 0 saturated carbocycles. The number of hydrogen-bond donors (Lipinski definition) is 3. The summed E-state index contributed by atoms with van der Waals surface area (Å²) in [5, 5.41) is 23.8. The molecule has 1 aromatic rings. The second-order valence-corrected chi connectivity index (χ2v) is 11.8. The van der Waals surface area contributed by atoms with Gasteiger partial charge in [0.25, 0.3) is 0 Å². The van der Waals surface area contributed by atoms with Crippen molar-refractivity contribution in [3.8, 4) is 12.0 Å². The minimum absolute atomic E-state index is 0.139. The quantitative estimate of drug-likeness (QED) is 0.578. The normalized spacial score (nSPS) is 26.5. The van der Waals surface area contributed by atoms with Crippen molar-refractivity contribution in [3.05, 3.63) is 4.77 Å². The molecule has 0 bridgehead atoms. The molecule has 2 aliphatic rings. The van der Waals surface area contributed by atoms with E-state index in [1.165, 1.54) is 10.1 Å². The fraction of sp³-hybridized carbons (Fsp3) is 0.857. The van der Waals surface area contributed by atoms with Gasteiger partial charge in [-0.2, -0.15) is 20.1 Å². The number of ether oxygens (including phenoxy) is 2. The second-order valence-electron chi connectivity index (χ2n) is 11.4. The average Bonchev–Trinajstić information content (AvgIpc) is 2.56. The van der Waals surface area contributed by atoms with E-state index < -0.39 is 22.2 Å². The molecule has 2 aliphatic heterocycles. The lowest BCUT2D eigenvalue weighted by atomic mass is 9.80. The van der Waals surface area contributed by atoms with Crippen LogP contribution in [-0.2, 0) is 0 Å². The zero-order valence-corrected chi connectivity index (χ0v) is 20.7. The first-order valence-electron chi connectivity index (χ1n) is 10.8. The highest BCUT2D eigenvalue weighted by Crippen LogP contribution is 2.39. The Labute approximate surface area is 189 Å². The van der Waals surface area contributed by atoms with Crippen LogP contribution in [0.1, 0.15) is 81.1 Å². The monoisotopic (exact) mass is 455 g/mol. The third-order valence-corrected chi connectivity index (χ3v) is 6.55. The van der Waals surface area contributed by atoms with E-state index in [0.29, 0.717) is 25.7 Å². The molecule has 0 amide bonds. The van der Waals surface area contributed by atoms with Gasteiger partial charge < -0.3 is 19.9 Å². The molecule has 0 radical (unpaired) electrons. The van der Waals surface area contributed by atoms with E-state index in [2.05, 4.69) is 15.0 Å². The van der Waals surface area contributed by atoms with Crippen molar-refractivity contribution in [1.82, 2.24) is 25.1 Å². The van der Waals surface area contributed by atoms with Gasteiger partial charge in [0.05, 0.1) is 0 Å². The predicted molar refractivity (Wildman–Crippen MR) is 118 cm³/mol. The summed E-state index contributed by atoms with van der Waals surface area (Å²) >= 11 is 5.24. The Morgan fingerprint density at radius 3 is 1.32 bits per heavy atom. The summed E-state index contributed by atoms with van der Waals surface area (Å²) in [6.45, 7) is 15.9. The van der Waals surface area contributed by atoms with Gasteiger partial charge in [-0.15, -0.1) is 0 Å². The molecule has 0 unspecified atom stereocenters. The number of H-pyrrole nitrogens is 1. The van der Waals surface area contributed by atoms with Crippen LogP contribution in [0, 0.1) is 4.77 Å². The minimum atomic E-state index is -0.439. The van der Waals surface area contributed by atoms with Crippen molar-refractivity contribution in [2.45, 2.75) is 115 Å². The third kappa shape index (κ3) is 5.19. The molecule has 0 atom stereocenters. The Bertz CT molecular complexity index is 768. The standard InChI is InChI=1S/C21H37N5O4S/c1-18(2)9-13(10-19(3,4)25(18)27)29-15-22-16(24-17(31)23-15)30-14-11-20(5,6)26(28)21(7,8)12-14/h13-14,27-28H,9-12H2,1-8H3,(H,22,23,24,31). The van der Waals surface area contributed by atoms with E-state index in [-0.39, 0.29) is 29.0 Å². The van der Waals surface area contributed by atoms with Gasteiger partial charge >= 0.3 is 12.0 Å². The van der Waals surface area contributed by atoms with Crippen molar-refractivity contribution >= 4 is 12.2 Å². The number of aromatic amines is 1. The summed E-state index contributed by atoms with van der Waals surface area (Å²) < 4.78 is 12.4. The molecule has 10 heteroatoms. The number of hydroxylamine groups is 4. The lowest BCUT2D eigenvalue weighted by Crippen LogP contribution is -2.61. The Morgan fingerprint density at radius 1 is 0.742 bits per heavy atom. The maximum absolute atomic E-state index is 10.5. The molecular weight excluding hydrogens is 418 g/mol. The summed E-state index contributed by atoms with van der Waals surface area (Å²) in [6, 6.07) is 0.521. The van der Waals surface area contributed by atoms with Crippen LogP contribution in [0.2, 0.25) is 0 Å². The molecule has 31 heavy (non-hydrogen) atoms. The van der Waals surface area contributed by atoms with Gasteiger partial charge in [-0.05, 0) is 67.6 Å². The van der Waals surface area contributed by atoms with Crippen LogP contribution in [0.15, 0.2) is 0 Å². The largest absolute Gasteiger partial charge is 0.461 e. The minimum Gasteiger partial charge on any atom is -0.461 e. The van der Waals surface area contributed by atoms with Gasteiger partial charge in [0, 0.05) is 47.8 Å². The second kappa shape index (κ2) is 7.91. The highest BCUT2D eigenvalue weighted by Gasteiger charge is 2.47. The molecule has 3 heterocycles. The molecular formula is C21H37N5O4S. The van der Waals surface area contributed by atoms with Gasteiger partial charge in [-0.1, -0.05) is 0 Å². The van der Waals surface area contributed by atoms with Crippen LogP contribution in [0.5, 0.6) is 12.0 Å². The lowest BCUT2D eigenvalue weighted by Gasteiger charge is -2.51. The molecule has 2 fully saturated rings. The van der Waals surface area contributed by atoms with Gasteiger partial charge in [-0.25, -0.2) is 0 Å². The van der Waals surface area contributed by atoms with E-state index >= 15 is 0 Å². The number of nitrogens with one attached hydrogen (secondary N) is 1. The third-order valence-electron chi connectivity index (χ3n) is 6.37. The van der Waals surface area contributed by atoms with Gasteiger partial charge in [0.2, 0.25) is 4.77 Å². The van der Waals surface area contributed by atoms with Crippen molar-refractivity contribution in [1.29, 1.82) is 0 Å². The van der Waals surface area contributed by atoms with Crippen molar-refractivity contribution in [2.75, 3.05) is 0 Å². The molecule has 9 nitrogen and oxygen atoms in total. The van der Waals surface area contributed by atoms with Crippen molar-refractivity contribution in [3.63, 3.8) is 0 Å². The molecule has 2 saturated heterocycles. The Kier molecular flexibility index (Phi) is 6.21. The topological polar surface area (TPSA) is 107 Å².